The lowest BCUT2D eigenvalue weighted by molar-refractivity contribution is 0.0849. The molecule has 0 radical (unpaired) electrons. The van der Waals surface area contributed by atoms with Gasteiger partial charge in [0.15, 0.2) is 0 Å². The number of fused-ring (bicyclic) bond motifs is 2. The smallest absolute Gasteiger partial charge is 0.281 e. The zero-order chi connectivity index (χ0) is 25.4. The van der Waals surface area contributed by atoms with Gasteiger partial charge in [0.2, 0.25) is 0 Å². The molecule has 0 aliphatic rings. The Labute approximate surface area is 227 Å². The van der Waals surface area contributed by atoms with E-state index in [1.54, 1.807) is 30.3 Å². The van der Waals surface area contributed by atoms with Gasteiger partial charge in [-0.3, -0.25) is 25.2 Å². The summed E-state index contributed by atoms with van der Waals surface area (Å²) in [6.07, 6.45) is 0. The summed E-state index contributed by atoms with van der Waals surface area (Å²) in [6, 6.07) is 18.8. The molecular weight excluding hydrogens is 561 g/mol. The Balaban J connectivity index is 1.22. The molecule has 3 aromatic carbocycles. The first-order valence-corrected chi connectivity index (χ1v) is 13.1. The Hall–Kier alpha value is -3.14. The average Bonchev–Trinajstić information content (AvgIpc) is 3.39. The van der Waals surface area contributed by atoms with Crippen LogP contribution in [0.15, 0.2) is 66.7 Å². The monoisotopic (exact) mass is 573 g/mol. The van der Waals surface area contributed by atoms with Crippen LogP contribution in [0.1, 0.15) is 29.7 Å². The number of rotatable bonds is 4. The summed E-state index contributed by atoms with van der Waals surface area (Å²) in [7, 11) is 0. The second kappa shape index (κ2) is 10.1. The summed E-state index contributed by atoms with van der Waals surface area (Å²) in [4.78, 5) is 38.4. The molecule has 0 atom stereocenters. The first kappa shape index (κ1) is 24.5. The van der Waals surface area contributed by atoms with Crippen molar-refractivity contribution < 1.29 is 14.4 Å². The fourth-order valence-electron chi connectivity index (χ4n) is 3.48. The van der Waals surface area contributed by atoms with Crippen molar-refractivity contribution in [3.05, 3.63) is 97.1 Å². The number of nitrogens with one attached hydrogen (secondary N) is 3. The van der Waals surface area contributed by atoms with E-state index in [0.717, 1.165) is 20.2 Å². The molecule has 6 nitrogen and oxygen atoms in total. The standard InChI is InChI=1S/C25H14Cl3N3O3S2/c26-13-7-10-16-18(11-13)36-21(20(16)28)24(33)29-14-8-5-12(6-9-14)23(32)30-31-25(34)22-19(27)15-3-1-2-4-17(15)35-22/h1-11H,(H,29,33)(H,30,32)(H,31,34). The van der Waals surface area contributed by atoms with Crippen molar-refractivity contribution in [2.75, 3.05) is 5.32 Å². The molecule has 0 saturated heterocycles. The Morgan fingerprint density at radius 3 is 1.97 bits per heavy atom. The lowest BCUT2D eigenvalue weighted by atomic mass is 10.2. The van der Waals surface area contributed by atoms with Gasteiger partial charge < -0.3 is 5.32 Å². The molecule has 5 rings (SSSR count). The maximum Gasteiger partial charge on any atom is 0.281 e. The second-order valence-corrected chi connectivity index (χ2v) is 10.9. The van der Waals surface area contributed by atoms with Crippen molar-refractivity contribution in [3.8, 4) is 0 Å². The maximum absolute atomic E-state index is 12.8. The number of carbonyl (C=O) groups excluding carboxylic acids is 3. The topological polar surface area (TPSA) is 87.3 Å². The van der Waals surface area contributed by atoms with Gasteiger partial charge in [-0.05, 0) is 42.5 Å². The van der Waals surface area contributed by atoms with Gasteiger partial charge in [-0.15, -0.1) is 22.7 Å². The quantitative estimate of drug-likeness (QED) is 0.195. The summed E-state index contributed by atoms with van der Waals surface area (Å²) in [6.45, 7) is 0. The minimum absolute atomic E-state index is 0.283. The van der Waals surface area contributed by atoms with Crippen molar-refractivity contribution >= 4 is 101 Å². The number of hydrazine groups is 1. The number of thiophene rings is 2. The molecule has 3 amide bonds. The third-order valence-electron chi connectivity index (χ3n) is 5.23. The predicted octanol–water partition coefficient (Wildman–Crippen LogP) is 7.40. The van der Waals surface area contributed by atoms with E-state index in [4.69, 9.17) is 34.8 Å². The highest BCUT2D eigenvalue weighted by atomic mass is 35.5. The molecule has 0 aliphatic carbocycles. The molecule has 0 saturated carbocycles. The second-order valence-electron chi connectivity index (χ2n) is 7.57. The largest absolute Gasteiger partial charge is 0.321 e. The fraction of sp³-hybridized carbons (Fsp3) is 0. The molecule has 180 valence electrons. The van der Waals surface area contributed by atoms with E-state index < -0.39 is 11.8 Å². The Morgan fingerprint density at radius 1 is 0.639 bits per heavy atom. The molecule has 0 spiro atoms. The number of amides is 3. The van der Waals surface area contributed by atoms with Crippen LogP contribution >= 0.6 is 57.5 Å². The summed E-state index contributed by atoms with van der Waals surface area (Å²) in [5.74, 6) is -1.41. The third-order valence-corrected chi connectivity index (χ3v) is 8.80. The maximum atomic E-state index is 12.8. The van der Waals surface area contributed by atoms with E-state index in [9.17, 15) is 14.4 Å². The van der Waals surface area contributed by atoms with Crippen LogP contribution in [0.2, 0.25) is 15.1 Å². The SMILES string of the molecule is O=C(NNC(=O)c1sc2ccccc2c1Cl)c1ccc(NC(=O)c2sc3cc(Cl)ccc3c2Cl)cc1. The van der Waals surface area contributed by atoms with Crippen LogP contribution in [-0.2, 0) is 0 Å². The van der Waals surface area contributed by atoms with Gasteiger partial charge in [-0.25, -0.2) is 0 Å². The number of hydrogen-bond donors (Lipinski definition) is 3. The Morgan fingerprint density at radius 2 is 1.25 bits per heavy atom. The van der Waals surface area contributed by atoms with Gasteiger partial charge in [0.1, 0.15) is 9.75 Å². The Bertz CT molecular complexity index is 1660. The predicted molar refractivity (Wildman–Crippen MR) is 148 cm³/mol. The van der Waals surface area contributed by atoms with Gasteiger partial charge in [0.25, 0.3) is 17.7 Å². The lowest BCUT2D eigenvalue weighted by Crippen LogP contribution is -2.41. The first-order valence-electron chi connectivity index (χ1n) is 10.4. The lowest BCUT2D eigenvalue weighted by Gasteiger charge is -2.08. The number of halogens is 3. The van der Waals surface area contributed by atoms with Crippen molar-refractivity contribution in [1.29, 1.82) is 0 Å². The minimum Gasteiger partial charge on any atom is -0.321 e. The van der Waals surface area contributed by atoms with Crippen molar-refractivity contribution in [2.24, 2.45) is 0 Å². The number of benzene rings is 3. The number of anilines is 1. The van der Waals surface area contributed by atoms with Gasteiger partial charge in [-0.1, -0.05) is 59.1 Å². The molecular formula is C25H14Cl3N3O3S2. The van der Waals surface area contributed by atoms with Crippen molar-refractivity contribution in [2.45, 2.75) is 0 Å². The highest BCUT2D eigenvalue weighted by molar-refractivity contribution is 7.22. The molecule has 0 bridgehead atoms. The van der Waals surface area contributed by atoms with Crippen molar-refractivity contribution in [3.63, 3.8) is 0 Å². The highest BCUT2D eigenvalue weighted by Crippen LogP contribution is 2.37. The van der Waals surface area contributed by atoms with Crippen molar-refractivity contribution in [1.82, 2.24) is 10.9 Å². The van der Waals surface area contributed by atoms with E-state index in [0.29, 0.717) is 30.5 Å². The highest BCUT2D eigenvalue weighted by Gasteiger charge is 2.19. The Kier molecular flexibility index (Phi) is 6.87. The van der Waals surface area contributed by atoms with Gasteiger partial charge in [0.05, 0.1) is 10.0 Å². The number of carbonyl (C=O) groups is 3. The molecule has 2 aromatic heterocycles. The van der Waals surface area contributed by atoms with E-state index in [1.165, 1.54) is 34.8 Å². The summed E-state index contributed by atoms with van der Waals surface area (Å²) >= 11 is 21.2. The van der Waals surface area contributed by atoms with Gasteiger partial charge in [-0.2, -0.15) is 0 Å². The normalized spacial score (nSPS) is 11.0. The third kappa shape index (κ3) is 4.78. The van der Waals surface area contributed by atoms with Crippen LogP contribution in [0.3, 0.4) is 0 Å². The fourth-order valence-corrected chi connectivity index (χ4v) is 6.58. The average molecular weight is 575 g/mol. The van der Waals surface area contributed by atoms with Crippen LogP contribution in [0.5, 0.6) is 0 Å². The van der Waals surface area contributed by atoms with E-state index in [1.807, 2.05) is 24.3 Å². The molecule has 2 heterocycles. The summed E-state index contributed by atoms with van der Waals surface area (Å²) in [5.41, 5.74) is 5.52. The summed E-state index contributed by atoms with van der Waals surface area (Å²) in [5, 5.41) is 5.55. The first-order chi connectivity index (χ1) is 17.3. The molecule has 5 aromatic rings. The molecule has 0 aliphatic heterocycles. The van der Waals surface area contributed by atoms with Crippen LogP contribution in [-0.4, -0.2) is 17.7 Å². The van der Waals surface area contributed by atoms with E-state index in [2.05, 4.69) is 16.2 Å². The van der Waals surface area contributed by atoms with Crippen LogP contribution < -0.4 is 16.2 Å². The molecule has 36 heavy (non-hydrogen) atoms. The van der Waals surface area contributed by atoms with Crippen LogP contribution in [0.4, 0.5) is 5.69 Å². The minimum atomic E-state index is -0.525. The van der Waals surface area contributed by atoms with Crippen LogP contribution in [0.25, 0.3) is 20.2 Å². The van der Waals surface area contributed by atoms with Gasteiger partial charge >= 0.3 is 0 Å². The zero-order valence-corrected chi connectivity index (χ0v) is 21.9. The van der Waals surface area contributed by atoms with Gasteiger partial charge in [0, 0.05) is 36.4 Å². The van der Waals surface area contributed by atoms with E-state index in [-0.39, 0.29) is 11.5 Å². The van der Waals surface area contributed by atoms with Crippen LogP contribution in [0, 0.1) is 0 Å². The molecule has 0 fully saturated rings. The zero-order valence-electron chi connectivity index (χ0n) is 18.0. The number of hydrogen-bond acceptors (Lipinski definition) is 5. The molecule has 3 N–H and O–H groups in total. The summed E-state index contributed by atoms with van der Waals surface area (Å²) < 4.78 is 1.68. The molecule has 0 unspecified atom stereocenters. The van der Waals surface area contributed by atoms with E-state index >= 15 is 0 Å². The molecule has 11 heteroatoms.